The molecule has 0 aliphatic heterocycles. The van der Waals surface area contributed by atoms with Gasteiger partial charge in [-0.05, 0) is 12.8 Å². The smallest absolute Gasteiger partial charge is 0.318 e. The molecule has 1 aromatic rings. The third-order valence-electron chi connectivity index (χ3n) is 3.49. The SMILES string of the molecule is NC1(c2noc(CNS(=O)(=O)NCC(=O)O)n2)CCCCC1. The van der Waals surface area contributed by atoms with Gasteiger partial charge in [0.1, 0.15) is 6.54 Å². The van der Waals surface area contributed by atoms with E-state index in [-0.39, 0.29) is 12.4 Å². The number of hydrogen-bond donors (Lipinski definition) is 4. The molecule has 0 unspecified atom stereocenters. The third kappa shape index (κ3) is 4.47. The van der Waals surface area contributed by atoms with Crippen LogP contribution >= 0.6 is 0 Å². The van der Waals surface area contributed by atoms with Gasteiger partial charge in [0.15, 0.2) is 5.82 Å². The first-order valence-corrected chi connectivity index (χ1v) is 8.37. The summed E-state index contributed by atoms with van der Waals surface area (Å²) in [5.74, 6) is -0.834. The van der Waals surface area contributed by atoms with Crippen LogP contribution in [-0.4, -0.2) is 36.2 Å². The lowest BCUT2D eigenvalue weighted by Gasteiger charge is -2.29. The number of aliphatic carboxylic acids is 1. The summed E-state index contributed by atoms with van der Waals surface area (Å²) in [6.07, 6.45) is 4.63. The quantitative estimate of drug-likeness (QED) is 0.504. The Bertz CT molecular complexity index is 623. The van der Waals surface area contributed by atoms with E-state index in [1.807, 2.05) is 4.72 Å². The van der Waals surface area contributed by atoms with Crippen LogP contribution < -0.4 is 15.2 Å². The maximum absolute atomic E-state index is 11.5. The molecule has 1 fully saturated rings. The van der Waals surface area contributed by atoms with Gasteiger partial charge in [-0.25, -0.2) is 0 Å². The highest BCUT2D eigenvalue weighted by molar-refractivity contribution is 7.87. The summed E-state index contributed by atoms with van der Waals surface area (Å²) in [5.41, 5.74) is 5.63. The van der Waals surface area contributed by atoms with E-state index in [1.165, 1.54) is 0 Å². The minimum Gasteiger partial charge on any atom is -0.480 e. The van der Waals surface area contributed by atoms with E-state index in [0.29, 0.717) is 5.82 Å². The van der Waals surface area contributed by atoms with E-state index < -0.39 is 28.3 Å². The highest BCUT2D eigenvalue weighted by Crippen LogP contribution is 2.32. The van der Waals surface area contributed by atoms with Crippen molar-refractivity contribution in [3.63, 3.8) is 0 Å². The number of nitrogens with two attached hydrogens (primary N) is 1. The second-order valence-electron chi connectivity index (χ2n) is 5.27. The number of hydrogen-bond acceptors (Lipinski definition) is 7. The maximum atomic E-state index is 11.5. The van der Waals surface area contributed by atoms with Gasteiger partial charge in [0.2, 0.25) is 5.89 Å². The first-order chi connectivity index (χ1) is 10.3. The Morgan fingerprint density at radius 3 is 2.64 bits per heavy atom. The molecule has 0 bridgehead atoms. The summed E-state index contributed by atoms with van der Waals surface area (Å²) in [4.78, 5) is 14.5. The number of carboxylic acids is 1. The van der Waals surface area contributed by atoms with Crippen LogP contribution in [0.3, 0.4) is 0 Å². The molecule has 2 rings (SSSR count). The van der Waals surface area contributed by atoms with Crippen molar-refractivity contribution in [2.45, 2.75) is 44.2 Å². The van der Waals surface area contributed by atoms with Crippen LogP contribution in [-0.2, 0) is 27.1 Å². The Hall–Kier alpha value is -1.56. The van der Waals surface area contributed by atoms with Crippen molar-refractivity contribution in [1.82, 2.24) is 19.6 Å². The molecule has 11 heteroatoms. The van der Waals surface area contributed by atoms with Crippen molar-refractivity contribution in [2.24, 2.45) is 5.73 Å². The topological polar surface area (TPSA) is 160 Å². The number of aromatic nitrogens is 2. The van der Waals surface area contributed by atoms with Crippen molar-refractivity contribution < 1.29 is 22.8 Å². The van der Waals surface area contributed by atoms with Crippen molar-refractivity contribution in [3.05, 3.63) is 11.7 Å². The summed E-state index contributed by atoms with van der Waals surface area (Å²) in [7, 11) is -3.95. The Morgan fingerprint density at radius 2 is 2.00 bits per heavy atom. The van der Waals surface area contributed by atoms with Gasteiger partial charge in [-0.15, -0.1) is 0 Å². The van der Waals surface area contributed by atoms with Gasteiger partial charge in [0, 0.05) is 0 Å². The van der Waals surface area contributed by atoms with E-state index in [9.17, 15) is 13.2 Å². The number of carbonyl (C=O) groups is 1. The van der Waals surface area contributed by atoms with Gasteiger partial charge in [0.25, 0.3) is 10.2 Å². The van der Waals surface area contributed by atoms with Crippen LogP contribution in [0.1, 0.15) is 43.8 Å². The molecular formula is C11H19N5O5S. The minimum absolute atomic E-state index is 0.0751. The Labute approximate surface area is 127 Å². The van der Waals surface area contributed by atoms with E-state index in [0.717, 1.165) is 32.1 Å². The van der Waals surface area contributed by atoms with Gasteiger partial charge in [-0.2, -0.15) is 22.8 Å². The summed E-state index contributed by atoms with van der Waals surface area (Å²) in [6, 6.07) is 0. The fourth-order valence-corrected chi connectivity index (χ4v) is 3.03. The first-order valence-electron chi connectivity index (χ1n) is 6.89. The van der Waals surface area contributed by atoms with E-state index in [2.05, 4.69) is 14.9 Å². The molecule has 124 valence electrons. The number of rotatable bonds is 7. The number of nitrogens with zero attached hydrogens (tertiary/aromatic N) is 2. The lowest BCUT2D eigenvalue weighted by atomic mass is 9.82. The summed E-state index contributed by atoms with van der Waals surface area (Å²) in [6.45, 7) is -0.950. The van der Waals surface area contributed by atoms with Gasteiger partial charge in [0.05, 0.1) is 12.1 Å². The van der Waals surface area contributed by atoms with Crippen LogP contribution in [0, 0.1) is 0 Å². The highest BCUT2D eigenvalue weighted by atomic mass is 32.2. The third-order valence-corrected chi connectivity index (χ3v) is 4.53. The van der Waals surface area contributed by atoms with E-state index in [1.54, 1.807) is 0 Å². The van der Waals surface area contributed by atoms with Gasteiger partial charge in [-0.3, -0.25) is 4.79 Å². The molecule has 1 saturated carbocycles. The fraction of sp³-hybridized carbons (Fsp3) is 0.727. The Morgan fingerprint density at radius 1 is 1.32 bits per heavy atom. The second-order valence-corrected chi connectivity index (χ2v) is 6.85. The molecule has 0 spiro atoms. The Kier molecular flexibility index (Phi) is 5.11. The van der Waals surface area contributed by atoms with E-state index in [4.69, 9.17) is 15.4 Å². The average molecular weight is 333 g/mol. The largest absolute Gasteiger partial charge is 0.480 e. The van der Waals surface area contributed by atoms with Gasteiger partial charge in [-0.1, -0.05) is 24.4 Å². The molecule has 22 heavy (non-hydrogen) atoms. The van der Waals surface area contributed by atoms with Crippen LogP contribution in [0.25, 0.3) is 0 Å². The van der Waals surface area contributed by atoms with E-state index >= 15 is 0 Å². The van der Waals surface area contributed by atoms with Crippen molar-refractivity contribution in [3.8, 4) is 0 Å². The summed E-state index contributed by atoms with van der Waals surface area (Å²) >= 11 is 0. The molecule has 1 aliphatic rings. The van der Waals surface area contributed by atoms with Gasteiger partial charge < -0.3 is 15.4 Å². The molecule has 5 N–H and O–H groups in total. The zero-order valence-electron chi connectivity index (χ0n) is 11.9. The Balaban J connectivity index is 1.93. The second kappa shape index (κ2) is 6.69. The molecule has 0 aromatic carbocycles. The maximum Gasteiger partial charge on any atom is 0.318 e. The molecule has 10 nitrogen and oxygen atoms in total. The van der Waals surface area contributed by atoms with Crippen molar-refractivity contribution in [2.75, 3.05) is 6.54 Å². The zero-order valence-corrected chi connectivity index (χ0v) is 12.7. The lowest BCUT2D eigenvalue weighted by molar-refractivity contribution is -0.135. The fourth-order valence-electron chi connectivity index (χ4n) is 2.30. The lowest BCUT2D eigenvalue weighted by Crippen LogP contribution is -2.40. The standard InChI is InChI=1S/C11H19N5O5S/c12-11(4-2-1-3-5-11)10-15-8(21-16-10)6-13-22(19,20)14-7-9(17)18/h13-14H,1-7,12H2,(H,17,18). The molecule has 1 aromatic heterocycles. The first kappa shape index (κ1) is 16.8. The highest BCUT2D eigenvalue weighted by Gasteiger charge is 2.34. The zero-order chi connectivity index (χ0) is 16.2. The number of nitrogens with one attached hydrogen (secondary N) is 2. The molecule has 0 radical (unpaired) electrons. The van der Waals surface area contributed by atoms with Gasteiger partial charge >= 0.3 is 5.97 Å². The van der Waals surface area contributed by atoms with Crippen molar-refractivity contribution >= 4 is 16.2 Å². The normalized spacial score (nSPS) is 18.2. The predicted molar refractivity (Wildman–Crippen MR) is 74.6 cm³/mol. The molecular weight excluding hydrogens is 314 g/mol. The molecule has 0 amide bonds. The number of carboxylic acid groups (broad SMARTS) is 1. The van der Waals surface area contributed by atoms with Crippen LogP contribution in [0.4, 0.5) is 0 Å². The molecule has 0 atom stereocenters. The average Bonchev–Trinajstić information content (AvgIpc) is 2.94. The van der Waals surface area contributed by atoms with Crippen LogP contribution in [0.5, 0.6) is 0 Å². The van der Waals surface area contributed by atoms with Crippen molar-refractivity contribution in [1.29, 1.82) is 0 Å². The summed E-state index contributed by atoms with van der Waals surface area (Å²) in [5, 5.41) is 12.3. The van der Waals surface area contributed by atoms with Crippen LogP contribution in [0.2, 0.25) is 0 Å². The molecule has 1 heterocycles. The molecule has 0 saturated heterocycles. The van der Waals surface area contributed by atoms with Crippen LogP contribution in [0.15, 0.2) is 4.52 Å². The minimum atomic E-state index is -3.95. The summed E-state index contributed by atoms with van der Waals surface area (Å²) < 4.78 is 31.9. The predicted octanol–water partition coefficient (Wildman–Crippen LogP) is -0.804. The monoisotopic (exact) mass is 333 g/mol. The molecule has 1 aliphatic carbocycles.